The van der Waals surface area contributed by atoms with Crippen LogP contribution in [0, 0.1) is 6.92 Å². The summed E-state index contributed by atoms with van der Waals surface area (Å²) >= 11 is 0. The fourth-order valence-corrected chi connectivity index (χ4v) is 7.46. The van der Waals surface area contributed by atoms with Crippen molar-refractivity contribution in [2.24, 2.45) is 0 Å². The third kappa shape index (κ3) is 25.6. The molecule has 1 rings (SSSR count). The Kier molecular flexibility index (Phi) is 29.6. The standard InChI is InChI=1S/C58H88O6/c1-42(2)24-16-25-43(3)26-17-27-44(4)28-18-29-45(5)30-19-31-46(6)32-20-33-47(7)34-21-35-48(8)36-22-37-49(9)38-23-39-50(10)40-41-54-51(11)55(63-52(12)59)57(61-14)58(62-15)56(54)64-53(13)60/h24,26,28,30,32,34,36,38,40H,16-23,25,27,29,31,33,35,37,39,41H2,1-15H3/b43-26+,44-28+,45-30+,46-32+,47-34+,48-36+,49-38+,50-40+. The van der Waals surface area contributed by atoms with Crippen LogP contribution in [0.2, 0.25) is 0 Å². The molecule has 0 spiro atoms. The fraction of sp³-hybridized carbons (Fsp3) is 0.552. The van der Waals surface area contributed by atoms with Crippen LogP contribution in [-0.2, 0) is 16.0 Å². The molecule has 0 N–H and O–H groups in total. The van der Waals surface area contributed by atoms with E-state index in [1.807, 2.05) is 6.92 Å². The van der Waals surface area contributed by atoms with E-state index in [2.05, 4.69) is 124 Å². The van der Waals surface area contributed by atoms with E-state index < -0.39 is 11.9 Å². The molecule has 0 aliphatic heterocycles. The third-order valence-electron chi connectivity index (χ3n) is 11.6. The first kappa shape index (κ1) is 57.4. The lowest BCUT2D eigenvalue weighted by Crippen LogP contribution is -2.11. The van der Waals surface area contributed by atoms with Gasteiger partial charge in [-0.1, -0.05) is 105 Å². The summed E-state index contributed by atoms with van der Waals surface area (Å²) in [7, 11) is 2.92. The van der Waals surface area contributed by atoms with Gasteiger partial charge in [0.25, 0.3) is 0 Å². The topological polar surface area (TPSA) is 71.1 Å². The molecule has 0 amide bonds. The Labute approximate surface area is 391 Å². The van der Waals surface area contributed by atoms with Gasteiger partial charge in [-0.05, 0) is 185 Å². The van der Waals surface area contributed by atoms with Crippen molar-refractivity contribution in [1.29, 1.82) is 0 Å². The van der Waals surface area contributed by atoms with E-state index in [1.165, 1.54) is 91.1 Å². The van der Waals surface area contributed by atoms with E-state index in [9.17, 15) is 9.59 Å². The van der Waals surface area contributed by atoms with Crippen molar-refractivity contribution in [1.82, 2.24) is 0 Å². The third-order valence-corrected chi connectivity index (χ3v) is 11.6. The van der Waals surface area contributed by atoms with Gasteiger partial charge in [0.05, 0.1) is 14.2 Å². The van der Waals surface area contributed by atoms with Gasteiger partial charge in [0, 0.05) is 25.0 Å². The van der Waals surface area contributed by atoms with Crippen molar-refractivity contribution < 1.29 is 28.5 Å². The Balaban J connectivity index is 2.49. The van der Waals surface area contributed by atoms with Crippen molar-refractivity contribution in [2.45, 2.75) is 199 Å². The second-order valence-electron chi connectivity index (χ2n) is 18.2. The second-order valence-corrected chi connectivity index (χ2v) is 18.2. The predicted octanol–water partition coefficient (Wildman–Crippen LogP) is 17.2. The molecule has 0 aliphatic carbocycles. The van der Waals surface area contributed by atoms with Crippen LogP contribution in [-0.4, -0.2) is 26.2 Å². The van der Waals surface area contributed by atoms with Crippen LogP contribution in [0.3, 0.4) is 0 Å². The van der Waals surface area contributed by atoms with E-state index in [0.717, 1.165) is 89.9 Å². The van der Waals surface area contributed by atoms with Crippen LogP contribution < -0.4 is 18.9 Å². The molecule has 0 saturated carbocycles. The first-order valence-electron chi connectivity index (χ1n) is 23.9. The number of hydrogen-bond acceptors (Lipinski definition) is 6. The van der Waals surface area contributed by atoms with Gasteiger partial charge in [0.1, 0.15) is 0 Å². The molecular formula is C58H88O6. The zero-order chi connectivity index (χ0) is 48.0. The molecule has 6 nitrogen and oxygen atoms in total. The van der Waals surface area contributed by atoms with Crippen molar-refractivity contribution in [3.05, 3.63) is 116 Å². The van der Waals surface area contributed by atoms with Gasteiger partial charge in [-0.2, -0.15) is 0 Å². The molecule has 0 bridgehead atoms. The van der Waals surface area contributed by atoms with E-state index in [1.54, 1.807) is 0 Å². The van der Waals surface area contributed by atoms with Crippen LogP contribution in [0.4, 0.5) is 0 Å². The Morgan fingerprint density at radius 2 is 0.609 bits per heavy atom. The summed E-state index contributed by atoms with van der Waals surface area (Å²) in [6.07, 6.45) is 39.5. The Hall–Kier alpha value is -4.58. The molecule has 0 aliphatic rings. The Morgan fingerprint density at radius 3 is 0.875 bits per heavy atom. The van der Waals surface area contributed by atoms with Crippen LogP contribution in [0.1, 0.15) is 197 Å². The molecule has 0 radical (unpaired) electrons. The molecule has 0 aromatic heterocycles. The zero-order valence-electron chi connectivity index (χ0n) is 43.2. The SMILES string of the molecule is COc1c(OC(C)=O)c(C)c(C/C=C(\C)CC/C=C(\C)CC/C=C(\C)CC/C=C(\C)CC/C=C(\C)CC/C=C(\C)CC/C=C(\C)CC/C=C(\C)CCC=C(C)C)c(OC(C)=O)c1OC. The van der Waals surface area contributed by atoms with Gasteiger partial charge in [-0.15, -0.1) is 0 Å². The smallest absolute Gasteiger partial charge is 0.308 e. The largest absolute Gasteiger partial charge is 0.490 e. The molecule has 356 valence electrons. The molecule has 1 aromatic carbocycles. The number of rotatable bonds is 30. The minimum absolute atomic E-state index is 0.212. The quantitative estimate of drug-likeness (QED) is 0.0435. The van der Waals surface area contributed by atoms with Crippen LogP contribution >= 0.6 is 0 Å². The van der Waals surface area contributed by atoms with E-state index in [-0.39, 0.29) is 23.0 Å². The number of carbonyl (C=O) groups excluding carboxylic acids is 2. The molecule has 0 saturated heterocycles. The summed E-state index contributed by atoms with van der Waals surface area (Å²) < 4.78 is 22.2. The lowest BCUT2D eigenvalue weighted by molar-refractivity contribution is -0.133. The molecule has 0 heterocycles. The number of allylic oxidation sites excluding steroid dienone is 18. The molecular weight excluding hydrogens is 793 g/mol. The minimum Gasteiger partial charge on any atom is -0.490 e. The minimum atomic E-state index is -0.480. The maximum atomic E-state index is 12.0. The summed E-state index contributed by atoms with van der Waals surface area (Å²) in [5.41, 5.74) is 14.4. The number of esters is 2. The summed E-state index contributed by atoms with van der Waals surface area (Å²) in [6, 6.07) is 0. The van der Waals surface area contributed by atoms with E-state index >= 15 is 0 Å². The second kappa shape index (κ2) is 33.0. The maximum absolute atomic E-state index is 12.0. The molecule has 6 heteroatoms. The number of hydrogen-bond donors (Lipinski definition) is 0. The van der Waals surface area contributed by atoms with Crippen LogP contribution in [0.5, 0.6) is 23.0 Å². The number of ether oxygens (including phenoxy) is 4. The number of methoxy groups -OCH3 is 2. The number of benzene rings is 1. The van der Waals surface area contributed by atoms with Crippen molar-refractivity contribution >= 4 is 11.9 Å². The van der Waals surface area contributed by atoms with Gasteiger partial charge < -0.3 is 18.9 Å². The highest BCUT2D eigenvalue weighted by molar-refractivity contribution is 5.78. The maximum Gasteiger partial charge on any atom is 0.308 e. The predicted molar refractivity (Wildman–Crippen MR) is 274 cm³/mol. The van der Waals surface area contributed by atoms with E-state index in [0.29, 0.717) is 17.5 Å². The molecule has 1 aromatic rings. The van der Waals surface area contributed by atoms with Crippen LogP contribution in [0.25, 0.3) is 0 Å². The first-order valence-corrected chi connectivity index (χ1v) is 23.9. The summed E-state index contributed by atoms with van der Waals surface area (Å²) in [5, 5.41) is 0. The van der Waals surface area contributed by atoms with Gasteiger partial charge in [0.2, 0.25) is 11.5 Å². The summed E-state index contributed by atoms with van der Waals surface area (Å²) in [6.45, 7) is 26.8. The van der Waals surface area contributed by atoms with Gasteiger partial charge in [0.15, 0.2) is 11.5 Å². The monoisotopic (exact) mass is 881 g/mol. The van der Waals surface area contributed by atoms with Crippen molar-refractivity contribution in [3.8, 4) is 23.0 Å². The summed E-state index contributed by atoms with van der Waals surface area (Å²) in [5.74, 6) is 0.00934. The van der Waals surface area contributed by atoms with Gasteiger partial charge >= 0.3 is 11.9 Å². The normalized spacial score (nSPS) is 13.6. The van der Waals surface area contributed by atoms with Gasteiger partial charge in [-0.25, -0.2) is 0 Å². The molecule has 0 atom stereocenters. The highest BCUT2D eigenvalue weighted by Gasteiger charge is 2.27. The fourth-order valence-electron chi connectivity index (χ4n) is 7.46. The van der Waals surface area contributed by atoms with Crippen molar-refractivity contribution in [3.63, 3.8) is 0 Å². The van der Waals surface area contributed by atoms with E-state index in [4.69, 9.17) is 18.9 Å². The van der Waals surface area contributed by atoms with Gasteiger partial charge in [-0.3, -0.25) is 9.59 Å². The number of carbonyl (C=O) groups is 2. The lowest BCUT2D eigenvalue weighted by atomic mass is 9.99. The summed E-state index contributed by atoms with van der Waals surface area (Å²) in [4.78, 5) is 24.0. The lowest BCUT2D eigenvalue weighted by Gasteiger charge is -2.21. The Bertz CT molecular complexity index is 1910. The highest BCUT2D eigenvalue weighted by Crippen LogP contribution is 2.50. The molecule has 64 heavy (non-hydrogen) atoms. The molecule has 0 fully saturated rings. The van der Waals surface area contributed by atoms with Crippen LogP contribution in [0.15, 0.2) is 105 Å². The zero-order valence-corrected chi connectivity index (χ0v) is 43.2. The Morgan fingerprint density at radius 1 is 0.359 bits per heavy atom. The average Bonchev–Trinajstić information content (AvgIpc) is 3.21. The average molecular weight is 881 g/mol. The first-order chi connectivity index (χ1) is 30.4. The molecule has 0 unspecified atom stereocenters. The highest BCUT2D eigenvalue weighted by atomic mass is 16.6. The van der Waals surface area contributed by atoms with Crippen molar-refractivity contribution in [2.75, 3.05) is 14.2 Å².